The Morgan fingerprint density at radius 3 is 2.61 bits per heavy atom. The molecule has 1 aliphatic heterocycles. The van der Waals surface area contributed by atoms with E-state index in [1.807, 2.05) is 43.5 Å². The Hall–Kier alpha value is -1.88. The number of aromatic nitrogens is 1. The lowest BCUT2D eigenvalue weighted by Gasteiger charge is -2.28. The molecular weight excluding hydrogens is 354 g/mol. The molecule has 4 nitrogen and oxygen atoms in total. The maximum absolute atomic E-state index is 12.4. The zero-order valence-electron chi connectivity index (χ0n) is 13.2. The number of halogens is 1. The Kier molecular flexibility index (Phi) is 4.96. The second kappa shape index (κ2) is 7.13. The predicted molar refractivity (Wildman–Crippen MR) is 97.1 cm³/mol. The minimum absolute atomic E-state index is 0.131. The number of amides is 1. The summed E-state index contributed by atoms with van der Waals surface area (Å²) in [5.74, 6) is 0.450. The van der Waals surface area contributed by atoms with Crippen LogP contribution in [0.4, 0.5) is 11.5 Å². The summed E-state index contributed by atoms with van der Waals surface area (Å²) in [5, 5.41) is 2.86. The van der Waals surface area contributed by atoms with Crippen LogP contribution in [0.2, 0.25) is 0 Å². The van der Waals surface area contributed by atoms with E-state index in [1.54, 1.807) is 0 Å². The Morgan fingerprint density at radius 1 is 1.17 bits per heavy atom. The summed E-state index contributed by atoms with van der Waals surface area (Å²) in [5.41, 5.74) is 2.72. The summed E-state index contributed by atoms with van der Waals surface area (Å²) in [6.45, 7) is 4.10. The first-order valence-corrected chi connectivity index (χ1v) is 8.71. The first-order chi connectivity index (χ1) is 11.1. The predicted octanol–water partition coefficient (Wildman–Crippen LogP) is 4.40. The second-order valence-corrected chi connectivity index (χ2v) is 6.78. The molecule has 2 heterocycles. The van der Waals surface area contributed by atoms with Gasteiger partial charge in [0, 0.05) is 23.1 Å². The molecule has 1 aromatic heterocycles. The van der Waals surface area contributed by atoms with Crippen molar-refractivity contribution in [3.05, 3.63) is 52.1 Å². The molecule has 0 bridgehead atoms. The van der Waals surface area contributed by atoms with Gasteiger partial charge in [-0.05, 0) is 62.1 Å². The molecule has 5 heteroatoms. The van der Waals surface area contributed by atoms with Gasteiger partial charge in [0.05, 0.1) is 11.9 Å². The highest BCUT2D eigenvalue weighted by Crippen LogP contribution is 2.21. The zero-order valence-corrected chi connectivity index (χ0v) is 14.8. The van der Waals surface area contributed by atoms with Crippen LogP contribution in [-0.2, 0) is 0 Å². The van der Waals surface area contributed by atoms with Gasteiger partial charge in [-0.2, -0.15) is 0 Å². The highest BCUT2D eigenvalue weighted by atomic mass is 79.9. The third kappa shape index (κ3) is 3.91. The largest absolute Gasteiger partial charge is 0.370 e. The van der Waals surface area contributed by atoms with Gasteiger partial charge in [-0.15, -0.1) is 0 Å². The highest BCUT2D eigenvalue weighted by molar-refractivity contribution is 9.10. The fraction of sp³-hybridized carbons (Fsp3) is 0.333. The van der Waals surface area contributed by atoms with Gasteiger partial charge < -0.3 is 10.2 Å². The van der Waals surface area contributed by atoms with Crippen molar-refractivity contribution in [1.29, 1.82) is 0 Å². The van der Waals surface area contributed by atoms with Gasteiger partial charge >= 0.3 is 0 Å². The number of carbonyl (C=O) groups is 1. The first-order valence-electron chi connectivity index (χ1n) is 7.92. The lowest BCUT2D eigenvalue weighted by Crippen LogP contribution is -2.29. The van der Waals surface area contributed by atoms with E-state index in [1.165, 1.54) is 19.3 Å². The van der Waals surface area contributed by atoms with Crippen molar-refractivity contribution in [3.8, 4) is 0 Å². The summed E-state index contributed by atoms with van der Waals surface area (Å²) < 4.78 is 0.968. The molecule has 0 aliphatic carbocycles. The molecule has 3 rings (SSSR count). The standard InChI is InChI=1S/C18H20BrN3O/c1-13-11-14(19)5-7-16(13)18(23)21-17-8-6-15(12-20-17)22-9-3-2-4-10-22/h5-8,11-12H,2-4,9-10H2,1H3,(H,20,21,23). The molecule has 23 heavy (non-hydrogen) atoms. The molecule has 0 saturated carbocycles. The zero-order chi connectivity index (χ0) is 16.2. The molecule has 1 N–H and O–H groups in total. The van der Waals surface area contributed by atoms with Crippen LogP contribution in [0.3, 0.4) is 0 Å². The van der Waals surface area contributed by atoms with Crippen LogP contribution >= 0.6 is 15.9 Å². The number of aryl methyl sites for hydroxylation is 1. The molecule has 1 aliphatic rings. The number of nitrogens with zero attached hydrogens (tertiary/aromatic N) is 2. The van der Waals surface area contributed by atoms with Gasteiger partial charge in [0.15, 0.2) is 0 Å². The molecule has 120 valence electrons. The van der Waals surface area contributed by atoms with E-state index >= 15 is 0 Å². The van der Waals surface area contributed by atoms with Gasteiger partial charge in [-0.3, -0.25) is 4.79 Å². The van der Waals surface area contributed by atoms with Crippen molar-refractivity contribution in [3.63, 3.8) is 0 Å². The van der Waals surface area contributed by atoms with Crippen molar-refractivity contribution < 1.29 is 4.79 Å². The van der Waals surface area contributed by atoms with Crippen molar-refractivity contribution in [1.82, 2.24) is 4.98 Å². The third-order valence-corrected chi connectivity index (χ3v) is 4.64. The van der Waals surface area contributed by atoms with E-state index in [-0.39, 0.29) is 5.91 Å². The third-order valence-electron chi connectivity index (χ3n) is 4.14. The monoisotopic (exact) mass is 373 g/mol. The van der Waals surface area contributed by atoms with Gasteiger partial charge in [0.25, 0.3) is 5.91 Å². The van der Waals surface area contributed by atoms with Crippen molar-refractivity contribution in [2.24, 2.45) is 0 Å². The van der Waals surface area contributed by atoms with Gasteiger partial charge in [-0.25, -0.2) is 4.98 Å². The van der Waals surface area contributed by atoms with Crippen LogP contribution in [0.15, 0.2) is 41.0 Å². The fourth-order valence-corrected chi connectivity index (χ4v) is 3.34. The van der Waals surface area contributed by atoms with E-state index in [9.17, 15) is 4.79 Å². The van der Waals surface area contributed by atoms with Crippen LogP contribution in [0.5, 0.6) is 0 Å². The molecule has 0 atom stereocenters. The van der Waals surface area contributed by atoms with E-state index < -0.39 is 0 Å². The summed E-state index contributed by atoms with van der Waals surface area (Å²) in [7, 11) is 0. The van der Waals surface area contributed by atoms with Crippen LogP contribution in [-0.4, -0.2) is 24.0 Å². The van der Waals surface area contributed by atoms with Crippen LogP contribution in [0, 0.1) is 6.92 Å². The number of benzene rings is 1. The minimum atomic E-state index is -0.131. The normalized spacial score (nSPS) is 14.6. The summed E-state index contributed by atoms with van der Waals surface area (Å²) in [6, 6.07) is 9.52. The minimum Gasteiger partial charge on any atom is -0.370 e. The number of hydrogen-bond acceptors (Lipinski definition) is 3. The Morgan fingerprint density at radius 2 is 1.96 bits per heavy atom. The van der Waals surface area contributed by atoms with Crippen molar-refractivity contribution >= 4 is 33.3 Å². The number of anilines is 2. The molecular formula is C18H20BrN3O. The quantitative estimate of drug-likeness (QED) is 0.867. The molecule has 0 radical (unpaired) electrons. The maximum atomic E-state index is 12.4. The number of carbonyl (C=O) groups excluding carboxylic acids is 1. The Labute approximate surface area is 145 Å². The van der Waals surface area contributed by atoms with E-state index in [2.05, 4.69) is 31.1 Å². The number of hydrogen-bond donors (Lipinski definition) is 1. The Balaban J connectivity index is 1.69. The topological polar surface area (TPSA) is 45.2 Å². The molecule has 0 spiro atoms. The summed E-state index contributed by atoms with van der Waals surface area (Å²) >= 11 is 3.41. The smallest absolute Gasteiger partial charge is 0.257 e. The molecule has 1 amide bonds. The van der Waals surface area contributed by atoms with Gasteiger partial charge in [0.1, 0.15) is 5.82 Å². The molecule has 1 aromatic carbocycles. The van der Waals surface area contributed by atoms with E-state index in [4.69, 9.17) is 0 Å². The molecule has 1 fully saturated rings. The molecule has 0 unspecified atom stereocenters. The highest BCUT2D eigenvalue weighted by Gasteiger charge is 2.13. The number of pyridine rings is 1. The average Bonchev–Trinajstić information content (AvgIpc) is 2.56. The summed E-state index contributed by atoms with van der Waals surface area (Å²) in [4.78, 5) is 19.1. The SMILES string of the molecule is Cc1cc(Br)ccc1C(=O)Nc1ccc(N2CCCCC2)cn1. The van der Waals surface area contributed by atoms with Gasteiger partial charge in [0.2, 0.25) is 0 Å². The first kappa shape index (κ1) is 16.0. The summed E-state index contributed by atoms with van der Waals surface area (Å²) in [6.07, 6.45) is 5.63. The number of nitrogens with one attached hydrogen (secondary N) is 1. The Bertz CT molecular complexity index is 694. The number of piperidine rings is 1. The molecule has 1 saturated heterocycles. The van der Waals surface area contributed by atoms with Crippen molar-refractivity contribution in [2.75, 3.05) is 23.3 Å². The van der Waals surface area contributed by atoms with Gasteiger partial charge in [-0.1, -0.05) is 15.9 Å². The lowest BCUT2D eigenvalue weighted by atomic mass is 10.1. The number of rotatable bonds is 3. The lowest BCUT2D eigenvalue weighted by molar-refractivity contribution is 0.102. The maximum Gasteiger partial charge on any atom is 0.257 e. The second-order valence-electron chi connectivity index (χ2n) is 5.86. The van der Waals surface area contributed by atoms with Crippen LogP contribution in [0.25, 0.3) is 0 Å². The van der Waals surface area contributed by atoms with Crippen molar-refractivity contribution in [2.45, 2.75) is 26.2 Å². The van der Waals surface area contributed by atoms with Crippen LogP contribution in [0.1, 0.15) is 35.2 Å². The van der Waals surface area contributed by atoms with E-state index in [0.29, 0.717) is 11.4 Å². The van der Waals surface area contributed by atoms with E-state index in [0.717, 1.165) is 28.8 Å². The van der Waals surface area contributed by atoms with Crippen LogP contribution < -0.4 is 10.2 Å². The fourth-order valence-electron chi connectivity index (χ4n) is 2.86. The average molecular weight is 374 g/mol. The molecule has 2 aromatic rings.